The molecule has 0 saturated carbocycles. The van der Waals surface area contributed by atoms with Gasteiger partial charge in [0.2, 0.25) is 0 Å². The summed E-state index contributed by atoms with van der Waals surface area (Å²) >= 11 is 0. The average Bonchev–Trinajstić information content (AvgIpc) is 2.85. The Morgan fingerprint density at radius 2 is 2.32 bits per heavy atom. The number of fused-ring (bicyclic) bond motifs is 1. The smallest absolute Gasteiger partial charge is 0.305 e. The van der Waals surface area contributed by atoms with Crippen LogP contribution in [0.3, 0.4) is 0 Å². The van der Waals surface area contributed by atoms with Gasteiger partial charge in [-0.2, -0.15) is 0 Å². The molecule has 0 saturated heterocycles. The minimum Gasteiger partial charge on any atom is -0.469 e. The maximum atomic E-state index is 11.0. The Morgan fingerprint density at radius 1 is 1.47 bits per heavy atom. The van der Waals surface area contributed by atoms with Gasteiger partial charge >= 0.3 is 5.97 Å². The predicted molar refractivity (Wildman–Crippen MR) is 73.7 cm³/mol. The molecular weight excluding hydrogens is 242 g/mol. The van der Waals surface area contributed by atoms with E-state index < -0.39 is 0 Å². The lowest BCUT2D eigenvalue weighted by Gasteiger charge is -2.16. The number of aromatic nitrogens is 2. The number of imidazole rings is 1. The Kier molecular flexibility index (Phi) is 4.52. The molecule has 0 fully saturated rings. The highest BCUT2D eigenvalue weighted by atomic mass is 16.5. The molecule has 2 aromatic rings. The van der Waals surface area contributed by atoms with E-state index in [-0.39, 0.29) is 5.97 Å². The van der Waals surface area contributed by atoms with Gasteiger partial charge in [0.25, 0.3) is 0 Å². The molecule has 1 aromatic carbocycles. The van der Waals surface area contributed by atoms with Crippen molar-refractivity contribution < 1.29 is 9.53 Å². The van der Waals surface area contributed by atoms with Crippen LogP contribution in [0.25, 0.3) is 11.0 Å². The van der Waals surface area contributed by atoms with Crippen molar-refractivity contribution >= 4 is 17.0 Å². The van der Waals surface area contributed by atoms with Crippen LogP contribution in [-0.4, -0.2) is 41.5 Å². The monoisotopic (exact) mass is 261 g/mol. The van der Waals surface area contributed by atoms with E-state index in [2.05, 4.69) is 38.8 Å². The molecule has 0 spiro atoms. The number of H-pyrrole nitrogens is 1. The van der Waals surface area contributed by atoms with E-state index in [0.717, 1.165) is 30.5 Å². The first-order chi connectivity index (χ1) is 9.19. The van der Waals surface area contributed by atoms with Gasteiger partial charge in [-0.3, -0.25) is 4.79 Å². The van der Waals surface area contributed by atoms with Gasteiger partial charge in [-0.25, -0.2) is 4.98 Å². The fraction of sp³-hybridized carbons (Fsp3) is 0.429. The second-order valence-electron chi connectivity index (χ2n) is 4.67. The molecule has 5 heteroatoms. The number of methoxy groups -OCH3 is 1. The molecular formula is C14H19N3O2. The standard InChI is InChI=1S/C14H19N3O2/c1-17(7-3-4-14(18)19-2)9-11-5-6-12-13(8-11)16-10-15-12/h5-6,8,10H,3-4,7,9H2,1-2H3,(H,15,16). The van der Waals surface area contributed by atoms with E-state index in [1.54, 1.807) is 6.33 Å². The molecule has 0 aliphatic rings. The molecule has 2 rings (SSSR count). The Hall–Kier alpha value is -1.88. The van der Waals surface area contributed by atoms with E-state index in [9.17, 15) is 4.79 Å². The van der Waals surface area contributed by atoms with Gasteiger partial charge in [-0.15, -0.1) is 0 Å². The normalized spacial score (nSPS) is 11.1. The Balaban J connectivity index is 1.84. The van der Waals surface area contributed by atoms with Crippen molar-refractivity contribution in [1.29, 1.82) is 0 Å². The minimum atomic E-state index is -0.146. The van der Waals surface area contributed by atoms with Crippen molar-refractivity contribution in [2.24, 2.45) is 0 Å². The lowest BCUT2D eigenvalue weighted by atomic mass is 10.2. The van der Waals surface area contributed by atoms with Gasteiger partial charge in [0.1, 0.15) is 0 Å². The molecule has 1 aromatic heterocycles. The molecule has 0 unspecified atom stereocenters. The van der Waals surface area contributed by atoms with E-state index in [1.807, 2.05) is 6.07 Å². The molecule has 5 nitrogen and oxygen atoms in total. The number of nitrogens with zero attached hydrogens (tertiary/aromatic N) is 2. The van der Waals surface area contributed by atoms with Crippen molar-refractivity contribution in [3.05, 3.63) is 30.1 Å². The maximum Gasteiger partial charge on any atom is 0.305 e. The number of carbonyl (C=O) groups excluding carboxylic acids is 1. The summed E-state index contributed by atoms with van der Waals surface area (Å²) in [7, 11) is 3.47. The van der Waals surface area contributed by atoms with Gasteiger partial charge in [0.15, 0.2) is 0 Å². The van der Waals surface area contributed by atoms with E-state index in [4.69, 9.17) is 0 Å². The number of ether oxygens (including phenoxy) is 1. The number of benzene rings is 1. The largest absolute Gasteiger partial charge is 0.469 e. The van der Waals surface area contributed by atoms with Crippen LogP contribution >= 0.6 is 0 Å². The van der Waals surface area contributed by atoms with Crippen molar-refractivity contribution in [2.45, 2.75) is 19.4 Å². The van der Waals surface area contributed by atoms with Crippen LogP contribution in [0.2, 0.25) is 0 Å². The zero-order chi connectivity index (χ0) is 13.7. The summed E-state index contributed by atoms with van der Waals surface area (Å²) in [5.74, 6) is -0.146. The number of rotatable bonds is 6. The van der Waals surface area contributed by atoms with Crippen molar-refractivity contribution in [2.75, 3.05) is 20.7 Å². The second kappa shape index (κ2) is 6.33. The topological polar surface area (TPSA) is 58.2 Å². The lowest BCUT2D eigenvalue weighted by Crippen LogP contribution is -2.20. The SMILES string of the molecule is COC(=O)CCCN(C)Cc1ccc2nc[nH]c2c1. The van der Waals surface area contributed by atoms with E-state index in [1.165, 1.54) is 12.7 Å². The molecule has 0 atom stereocenters. The third kappa shape index (κ3) is 3.79. The summed E-state index contributed by atoms with van der Waals surface area (Å²) in [5, 5.41) is 0. The average molecular weight is 261 g/mol. The number of esters is 1. The maximum absolute atomic E-state index is 11.0. The molecule has 0 radical (unpaired) electrons. The molecule has 0 aliphatic carbocycles. The summed E-state index contributed by atoms with van der Waals surface area (Å²) in [4.78, 5) is 20.5. The Morgan fingerprint density at radius 3 is 3.11 bits per heavy atom. The molecule has 0 aliphatic heterocycles. The van der Waals surface area contributed by atoms with Gasteiger partial charge in [0, 0.05) is 13.0 Å². The molecule has 0 amide bonds. The summed E-state index contributed by atoms with van der Waals surface area (Å²) in [6, 6.07) is 6.21. The zero-order valence-corrected chi connectivity index (χ0v) is 11.3. The Bertz CT molecular complexity index is 550. The highest BCUT2D eigenvalue weighted by molar-refractivity contribution is 5.75. The quantitative estimate of drug-likeness (QED) is 0.807. The summed E-state index contributed by atoms with van der Waals surface area (Å²) in [5.41, 5.74) is 3.27. The minimum absolute atomic E-state index is 0.146. The third-order valence-corrected chi connectivity index (χ3v) is 3.09. The van der Waals surface area contributed by atoms with Crippen LogP contribution < -0.4 is 0 Å². The van der Waals surface area contributed by atoms with Crippen LogP contribution in [0.1, 0.15) is 18.4 Å². The first kappa shape index (κ1) is 13.5. The van der Waals surface area contributed by atoms with Crippen molar-refractivity contribution in [1.82, 2.24) is 14.9 Å². The van der Waals surface area contributed by atoms with E-state index in [0.29, 0.717) is 6.42 Å². The molecule has 1 heterocycles. The second-order valence-corrected chi connectivity index (χ2v) is 4.67. The highest BCUT2D eigenvalue weighted by Gasteiger charge is 2.05. The fourth-order valence-corrected chi connectivity index (χ4v) is 2.07. The van der Waals surface area contributed by atoms with Crippen molar-refractivity contribution in [3.63, 3.8) is 0 Å². The highest BCUT2D eigenvalue weighted by Crippen LogP contribution is 2.13. The van der Waals surface area contributed by atoms with Gasteiger partial charge < -0.3 is 14.6 Å². The first-order valence-electron chi connectivity index (χ1n) is 6.36. The van der Waals surface area contributed by atoms with Crippen LogP contribution in [-0.2, 0) is 16.1 Å². The molecule has 0 bridgehead atoms. The first-order valence-corrected chi connectivity index (χ1v) is 6.36. The van der Waals surface area contributed by atoms with Crippen molar-refractivity contribution in [3.8, 4) is 0 Å². The van der Waals surface area contributed by atoms with Crippen LogP contribution in [0.5, 0.6) is 0 Å². The van der Waals surface area contributed by atoms with Gasteiger partial charge in [-0.1, -0.05) is 6.07 Å². The summed E-state index contributed by atoms with van der Waals surface area (Å²) < 4.78 is 4.62. The fourth-order valence-electron chi connectivity index (χ4n) is 2.07. The van der Waals surface area contributed by atoms with Crippen LogP contribution in [0.4, 0.5) is 0 Å². The predicted octanol–water partition coefficient (Wildman–Crippen LogP) is 1.95. The van der Waals surface area contributed by atoms with Crippen LogP contribution in [0, 0.1) is 0 Å². The molecule has 19 heavy (non-hydrogen) atoms. The van der Waals surface area contributed by atoms with E-state index >= 15 is 0 Å². The lowest BCUT2D eigenvalue weighted by molar-refractivity contribution is -0.140. The summed E-state index contributed by atoms with van der Waals surface area (Å²) in [6.45, 7) is 1.73. The number of aromatic amines is 1. The number of hydrogen-bond acceptors (Lipinski definition) is 4. The van der Waals surface area contributed by atoms with Gasteiger partial charge in [0.05, 0.1) is 24.5 Å². The van der Waals surface area contributed by atoms with Gasteiger partial charge in [-0.05, 0) is 37.7 Å². The number of hydrogen-bond donors (Lipinski definition) is 1. The summed E-state index contributed by atoms with van der Waals surface area (Å²) in [6.07, 6.45) is 2.99. The third-order valence-electron chi connectivity index (χ3n) is 3.09. The number of nitrogens with one attached hydrogen (secondary N) is 1. The zero-order valence-electron chi connectivity index (χ0n) is 11.3. The molecule has 102 valence electrons. The van der Waals surface area contributed by atoms with Crippen LogP contribution in [0.15, 0.2) is 24.5 Å². The Labute approximate surface area is 112 Å². The number of carbonyl (C=O) groups is 1. The molecule has 1 N–H and O–H groups in total.